The van der Waals surface area contributed by atoms with Gasteiger partial charge in [0.05, 0.1) is 6.07 Å². The van der Waals surface area contributed by atoms with E-state index in [9.17, 15) is 9.18 Å². The molecule has 1 aliphatic carbocycles. The second kappa shape index (κ2) is 6.09. The van der Waals surface area contributed by atoms with E-state index < -0.39 is 5.54 Å². The van der Waals surface area contributed by atoms with Gasteiger partial charge in [-0.15, -0.1) is 0 Å². The van der Waals surface area contributed by atoms with Crippen molar-refractivity contribution in [1.29, 1.82) is 5.26 Å². The lowest BCUT2D eigenvalue weighted by Gasteiger charge is -2.11. The Kier molecular flexibility index (Phi) is 3.98. The zero-order chi connectivity index (χ0) is 16.3. The highest BCUT2D eigenvalue weighted by atomic mass is 19.1. The molecule has 0 unspecified atom stereocenters. The van der Waals surface area contributed by atoms with Gasteiger partial charge in [0.25, 0.3) is 5.91 Å². The molecule has 23 heavy (non-hydrogen) atoms. The molecule has 5 heteroatoms. The highest BCUT2D eigenvalue weighted by Crippen LogP contribution is 2.34. The zero-order valence-electron chi connectivity index (χ0n) is 12.4. The summed E-state index contributed by atoms with van der Waals surface area (Å²) in [5.41, 5.74) is 0.584. The number of nitrogens with zero attached hydrogens (tertiary/aromatic N) is 1. The number of carbonyl (C=O) groups is 1. The summed E-state index contributed by atoms with van der Waals surface area (Å²) in [5, 5.41) is 11.8. The summed E-state index contributed by atoms with van der Waals surface area (Å²) >= 11 is 0. The Morgan fingerprint density at radius 2 is 2.04 bits per heavy atom. The standard InChI is InChI=1S/C18H15FN2O2/c19-15-5-2-6-16(10-15)23-11-13-3-1-4-14(9-13)17(22)21-18(12-20)7-8-18/h1-6,9-10H,7-8,11H2,(H,21,22). The van der Waals surface area contributed by atoms with Gasteiger partial charge in [0.15, 0.2) is 0 Å². The predicted octanol–water partition coefficient (Wildman–Crippen LogP) is 3.19. The van der Waals surface area contributed by atoms with Gasteiger partial charge in [-0.05, 0) is 42.7 Å². The van der Waals surface area contributed by atoms with Crippen LogP contribution in [0.4, 0.5) is 4.39 Å². The quantitative estimate of drug-likeness (QED) is 0.922. The summed E-state index contributed by atoms with van der Waals surface area (Å²) in [4.78, 5) is 12.2. The Morgan fingerprint density at radius 3 is 2.74 bits per heavy atom. The normalized spacial score (nSPS) is 14.6. The maximum Gasteiger partial charge on any atom is 0.252 e. The second-order valence-electron chi connectivity index (χ2n) is 5.59. The molecule has 1 N–H and O–H groups in total. The van der Waals surface area contributed by atoms with Crippen LogP contribution >= 0.6 is 0 Å². The highest BCUT2D eigenvalue weighted by Gasteiger charge is 2.44. The minimum atomic E-state index is -0.689. The van der Waals surface area contributed by atoms with Crippen LogP contribution in [0.25, 0.3) is 0 Å². The van der Waals surface area contributed by atoms with Crippen LogP contribution in [-0.4, -0.2) is 11.4 Å². The molecule has 3 rings (SSSR count). The largest absolute Gasteiger partial charge is 0.489 e. The topological polar surface area (TPSA) is 62.1 Å². The van der Waals surface area contributed by atoms with Crippen molar-refractivity contribution in [2.45, 2.75) is 25.0 Å². The Morgan fingerprint density at radius 1 is 1.26 bits per heavy atom. The van der Waals surface area contributed by atoms with Crippen LogP contribution in [0.2, 0.25) is 0 Å². The first kappa shape index (κ1) is 15.0. The van der Waals surface area contributed by atoms with E-state index in [2.05, 4.69) is 11.4 Å². The number of nitrogens with one attached hydrogen (secondary N) is 1. The van der Waals surface area contributed by atoms with E-state index in [-0.39, 0.29) is 18.3 Å². The van der Waals surface area contributed by atoms with Gasteiger partial charge in [0.2, 0.25) is 0 Å². The number of benzene rings is 2. The van der Waals surface area contributed by atoms with Crippen molar-refractivity contribution in [3.05, 3.63) is 65.5 Å². The number of nitriles is 1. The molecule has 1 fully saturated rings. The van der Waals surface area contributed by atoms with E-state index in [1.165, 1.54) is 12.1 Å². The second-order valence-corrected chi connectivity index (χ2v) is 5.59. The predicted molar refractivity (Wildman–Crippen MR) is 82.2 cm³/mol. The zero-order valence-corrected chi connectivity index (χ0v) is 12.4. The van der Waals surface area contributed by atoms with Crippen molar-refractivity contribution >= 4 is 5.91 Å². The molecule has 0 spiro atoms. The monoisotopic (exact) mass is 310 g/mol. The molecule has 1 aliphatic rings. The first-order valence-electron chi connectivity index (χ1n) is 7.31. The third-order valence-corrected chi connectivity index (χ3v) is 3.71. The first-order chi connectivity index (χ1) is 11.1. The van der Waals surface area contributed by atoms with Gasteiger partial charge < -0.3 is 10.1 Å². The smallest absolute Gasteiger partial charge is 0.252 e. The fourth-order valence-electron chi connectivity index (χ4n) is 2.21. The van der Waals surface area contributed by atoms with Gasteiger partial charge in [0, 0.05) is 11.6 Å². The fourth-order valence-corrected chi connectivity index (χ4v) is 2.21. The molecule has 0 heterocycles. The Labute approximate surface area is 133 Å². The van der Waals surface area contributed by atoms with Gasteiger partial charge >= 0.3 is 0 Å². The van der Waals surface area contributed by atoms with Crippen molar-refractivity contribution in [1.82, 2.24) is 5.32 Å². The Balaban J connectivity index is 1.65. The Hall–Kier alpha value is -2.87. The van der Waals surface area contributed by atoms with E-state index in [1.807, 2.05) is 6.07 Å². The number of rotatable bonds is 5. The maximum absolute atomic E-state index is 13.1. The number of amides is 1. The molecule has 1 saturated carbocycles. The molecule has 0 radical (unpaired) electrons. The SMILES string of the molecule is N#CC1(NC(=O)c2cccc(COc3cccc(F)c3)c2)CC1. The average Bonchev–Trinajstić information content (AvgIpc) is 3.33. The number of hydrogen-bond donors (Lipinski definition) is 1. The van der Waals surface area contributed by atoms with E-state index in [0.29, 0.717) is 24.2 Å². The number of halogens is 1. The summed E-state index contributed by atoms with van der Waals surface area (Å²) in [6.07, 6.45) is 1.38. The lowest BCUT2D eigenvalue weighted by atomic mass is 10.1. The van der Waals surface area contributed by atoms with E-state index in [4.69, 9.17) is 10.00 Å². The van der Waals surface area contributed by atoms with Gasteiger partial charge in [-0.3, -0.25) is 4.79 Å². The molecule has 2 aromatic carbocycles. The van der Waals surface area contributed by atoms with Crippen LogP contribution in [0.3, 0.4) is 0 Å². The molecule has 0 saturated heterocycles. The fraction of sp³-hybridized carbons (Fsp3) is 0.222. The number of carbonyl (C=O) groups excluding carboxylic acids is 1. The average molecular weight is 310 g/mol. The highest BCUT2D eigenvalue weighted by molar-refractivity contribution is 5.95. The lowest BCUT2D eigenvalue weighted by Crippen LogP contribution is -2.35. The van der Waals surface area contributed by atoms with Crippen LogP contribution in [-0.2, 0) is 6.61 Å². The van der Waals surface area contributed by atoms with Crippen LogP contribution in [0.15, 0.2) is 48.5 Å². The molecule has 116 valence electrons. The maximum atomic E-state index is 13.1. The third kappa shape index (κ3) is 3.67. The summed E-state index contributed by atoms with van der Waals surface area (Å²) in [7, 11) is 0. The molecule has 0 atom stereocenters. The van der Waals surface area contributed by atoms with Crippen LogP contribution in [0.1, 0.15) is 28.8 Å². The summed E-state index contributed by atoms with van der Waals surface area (Å²) in [6, 6.07) is 15.0. The summed E-state index contributed by atoms with van der Waals surface area (Å²) in [5.74, 6) is -0.195. The minimum Gasteiger partial charge on any atom is -0.489 e. The van der Waals surface area contributed by atoms with Crippen LogP contribution < -0.4 is 10.1 Å². The van der Waals surface area contributed by atoms with Gasteiger partial charge in [-0.25, -0.2) is 4.39 Å². The van der Waals surface area contributed by atoms with Crippen molar-refractivity contribution in [2.24, 2.45) is 0 Å². The van der Waals surface area contributed by atoms with Gasteiger partial charge in [0.1, 0.15) is 23.7 Å². The van der Waals surface area contributed by atoms with Crippen LogP contribution in [0.5, 0.6) is 5.75 Å². The molecule has 0 bridgehead atoms. The van der Waals surface area contributed by atoms with Gasteiger partial charge in [-0.1, -0.05) is 18.2 Å². The van der Waals surface area contributed by atoms with Crippen LogP contribution in [0, 0.1) is 17.1 Å². The summed E-state index contributed by atoms with van der Waals surface area (Å²) in [6.45, 7) is 0.230. The van der Waals surface area contributed by atoms with Crippen molar-refractivity contribution in [3.8, 4) is 11.8 Å². The Bertz CT molecular complexity index is 779. The van der Waals surface area contributed by atoms with Gasteiger partial charge in [-0.2, -0.15) is 5.26 Å². The van der Waals surface area contributed by atoms with Crippen molar-refractivity contribution in [2.75, 3.05) is 0 Å². The molecular formula is C18H15FN2O2. The van der Waals surface area contributed by atoms with E-state index in [1.54, 1.807) is 30.3 Å². The van der Waals surface area contributed by atoms with Crippen molar-refractivity contribution in [3.63, 3.8) is 0 Å². The minimum absolute atomic E-state index is 0.230. The molecular weight excluding hydrogens is 295 g/mol. The molecule has 1 amide bonds. The van der Waals surface area contributed by atoms with Crippen molar-refractivity contribution < 1.29 is 13.9 Å². The first-order valence-corrected chi connectivity index (χ1v) is 7.31. The summed E-state index contributed by atoms with van der Waals surface area (Å²) < 4.78 is 18.6. The molecule has 0 aromatic heterocycles. The molecule has 4 nitrogen and oxygen atoms in total. The third-order valence-electron chi connectivity index (χ3n) is 3.71. The number of hydrogen-bond acceptors (Lipinski definition) is 3. The molecule has 0 aliphatic heterocycles. The lowest BCUT2D eigenvalue weighted by molar-refractivity contribution is 0.0941. The van der Waals surface area contributed by atoms with E-state index in [0.717, 1.165) is 5.56 Å². The van der Waals surface area contributed by atoms with E-state index >= 15 is 0 Å². The number of ether oxygens (including phenoxy) is 1. The molecule has 2 aromatic rings.